The van der Waals surface area contributed by atoms with Crippen LogP contribution in [0.2, 0.25) is 0 Å². The fourth-order valence-electron chi connectivity index (χ4n) is 1.50. The van der Waals surface area contributed by atoms with E-state index in [2.05, 4.69) is 10.1 Å². The van der Waals surface area contributed by atoms with Gasteiger partial charge < -0.3 is 14.0 Å². The molecule has 2 rings (SSSR count). The number of hydrogen-bond donors (Lipinski definition) is 0. The third-order valence-corrected chi connectivity index (χ3v) is 3.39. The Morgan fingerprint density at radius 3 is 2.39 bits per heavy atom. The van der Waals surface area contributed by atoms with E-state index in [9.17, 15) is 0 Å². The maximum Gasteiger partial charge on any atom is 0.223 e. The number of rotatable bonds is 5. The average molecular weight is 266 g/mol. The molecule has 0 aliphatic rings. The minimum Gasteiger partial charge on any atom is -0.495 e. The summed E-state index contributed by atoms with van der Waals surface area (Å²) in [6.07, 6.45) is 0. The quantitative estimate of drug-likeness (QED) is 0.775. The zero-order valence-corrected chi connectivity index (χ0v) is 11.3. The van der Waals surface area contributed by atoms with Crippen LogP contribution in [0.4, 0.5) is 0 Å². The molecule has 1 aromatic carbocycles. The lowest BCUT2D eigenvalue weighted by molar-refractivity contribution is 0.376. The van der Waals surface area contributed by atoms with Crippen LogP contribution in [0.3, 0.4) is 0 Å². The Labute approximate surface area is 109 Å². The van der Waals surface area contributed by atoms with Gasteiger partial charge in [-0.05, 0) is 12.1 Å². The molecule has 2 aromatic rings. The molecule has 96 valence electrons. The van der Waals surface area contributed by atoms with Gasteiger partial charge in [-0.15, -0.1) is 11.8 Å². The van der Waals surface area contributed by atoms with Gasteiger partial charge in [-0.2, -0.15) is 4.98 Å². The van der Waals surface area contributed by atoms with Gasteiger partial charge in [0.25, 0.3) is 0 Å². The van der Waals surface area contributed by atoms with Crippen LogP contribution in [-0.4, -0.2) is 24.4 Å². The minimum absolute atomic E-state index is 0.567. The van der Waals surface area contributed by atoms with Gasteiger partial charge in [0.15, 0.2) is 5.82 Å². The second-order valence-electron chi connectivity index (χ2n) is 3.51. The summed E-state index contributed by atoms with van der Waals surface area (Å²) in [5.74, 6) is 3.39. The molecule has 0 amide bonds. The minimum atomic E-state index is 0.567. The number of aromatic nitrogens is 2. The lowest BCUT2D eigenvalue weighted by Crippen LogP contribution is -1.92. The first kappa shape index (κ1) is 12.8. The molecular weight excluding hydrogens is 252 g/mol. The first-order valence-corrected chi connectivity index (χ1v) is 6.36. The smallest absolute Gasteiger partial charge is 0.223 e. The molecule has 0 saturated carbocycles. The number of benzene rings is 1. The van der Waals surface area contributed by atoms with E-state index in [0.29, 0.717) is 17.5 Å². The van der Waals surface area contributed by atoms with E-state index >= 15 is 0 Å². The Hall–Kier alpha value is -1.69. The van der Waals surface area contributed by atoms with Crippen molar-refractivity contribution in [2.75, 3.05) is 14.2 Å². The highest BCUT2D eigenvalue weighted by molar-refractivity contribution is 7.98. The molecule has 1 heterocycles. The monoisotopic (exact) mass is 266 g/mol. The number of ether oxygens (including phenoxy) is 2. The van der Waals surface area contributed by atoms with Crippen LogP contribution in [0.25, 0.3) is 0 Å². The maximum atomic E-state index is 5.32. The normalized spacial score (nSPS) is 10.4. The molecule has 0 fully saturated rings. The number of hydrogen-bond acceptors (Lipinski definition) is 6. The molecule has 0 saturated heterocycles. The fourth-order valence-corrected chi connectivity index (χ4v) is 2.47. The van der Waals surface area contributed by atoms with Gasteiger partial charge in [0.2, 0.25) is 5.89 Å². The molecule has 0 N–H and O–H groups in total. The van der Waals surface area contributed by atoms with Crippen LogP contribution < -0.4 is 9.47 Å². The third-order valence-electron chi connectivity index (χ3n) is 2.30. The Balaban J connectivity index is 2.17. The number of methoxy groups -OCH3 is 2. The topological polar surface area (TPSA) is 57.4 Å². The van der Waals surface area contributed by atoms with E-state index < -0.39 is 0 Å². The highest BCUT2D eigenvalue weighted by Crippen LogP contribution is 2.38. The average Bonchev–Trinajstić information content (AvgIpc) is 2.81. The van der Waals surface area contributed by atoms with Gasteiger partial charge >= 0.3 is 0 Å². The van der Waals surface area contributed by atoms with E-state index in [4.69, 9.17) is 14.0 Å². The van der Waals surface area contributed by atoms with Crippen LogP contribution in [-0.2, 0) is 5.75 Å². The summed E-state index contributed by atoms with van der Waals surface area (Å²) in [6, 6.07) is 5.68. The van der Waals surface area contributed by atoms with E-state index in [0.717, 1.165) is 16.4 Å². The second-order valence-corrected chi connectivity index (χ2v) is 4.50. The lowest BCUT2D eigenvalue weighted by Gasteiger charge is -2.11. The number of nitrogens with zero attached hydrogens (tertiary/aromatic N) is 2. The van der Waals surface area contributed by atoms with Gasteiger partial charge in [-0.1, -0.05) is 11.2 Å². The summed E-state index contributed by atoms with van der Waals surface area (Å²) in [4.78, 5) is 5.09. The number of aryl methyl sites for hydroxylation is 1. The Morgan fingerprint density at radius 1 is 1.22 bits per heavy atom. The summed E-state index contributed by atoms with van der Waals surface area (Å²) in [5, 5.41) is 3.85. The van der Waals surface area contributed by atoms with Crippen molar-refractivity contribution in [1.82, 2.24) is 10.1 Å². The van der Waals surface area contributed by atoms with Gasteiger partial charge in [0.05, 0.1) is 24.9 Å². The van der Waals surface area contributed by atoms with Crippen molar-refractivity contribution in [3.05, 3.63) is 29.9 Å². The summed E-state index contributed by atoms with van der Waals surface area (Å²) >= 11 is 1.55. The molecule has 0 spiro atoms. The molecule has 0 bridgehead atoms. The van der Waals surface area contributed by atoms with E-state index in [1.807, 2.05) is 18.2 Å². The molecule has 0 aliphatic carbocycles. The molecule has 1 aromatic heterocycles. The molecule has 18 heavy (non-hydrogen) atoms. The molecule has 0 atom stereocenters. The highest BCUT2D eigenvalue weighted by atomic mass is 32.2. The van der Waals surface area contributed by atoms with Crippen molar-refractivity contribution in [2.45, 2.75) is 17.6 Å². The van der Waals surface area contributed by atoms with Crippen molar-refractivity contribution < 1.29 is 14.0 Å². The van der Waals surface area contributed by atoms with Crippen molar-refractivity contribution >= 4 is 11.8 Å². The maximum absolute atomic E-state index is 5.32. The SMILES string of the molecule is COc1cccc(OC)c1SCc1noc(C)n1. The van der Waals surface area contributed by atoms with Gasteiger partial charge in [0, 0.05) is 6.92 Å². The second kappa shape index (κ2) is 5.77. The van der Waals surface area contributed by atoms with Gasteiger partial charge in [-0.25, -0.2) is 0 Å². The Bertz CT molecular complexity index is 506. The van der Waals surface area contributed by atoms with Crippen molar-refractivity contribution in [3.8, 4) is 11.5 Å². The van der Waals surface area contributed by atoms with E-state index in [1.54, 1.807) is 32.9 Å². The summed E-state index contributed by atoms with van der Waals surface area (Å²) < 4.78 is 15.6. The Kier molecular flexibility index (Phi) is 4.09. The molecule has 6 heteroatoms. The van der Waals surface area contributed by atoms with E-state index in [-0.39, 0.29) is 0 Å². The van der Waals surface area contributed by atoms with Crippen LogP contribution >= 0.6 is 11.8 Å². The van der Waals surface area contributed by atoms with Crippen LogP contribution in [0.1, 0.15) is 11.7 Å². The highest BCUT2D eigenvalue weighted by Gasteiger charge is 2.12. The van der Waals surface area contributed by atoms with Crippen molar-refractivity contribution in [3.63, 3.8) is 0 Å². The molecule has 0 radical (unpaired) electrons. The standard InChI is InChI=1S/C12H14N2O3S/c1-8-13-11(14-17-8)7-18-12-9(15-2)5-4-6-10(12)16-3/h4-6H,7H2,1-3H3. The van der Waals surface area contributed by atoms with Gasteiger partial charge in [0.1, 0.15) is 11.5 Å². The molecule has 0 unspecified atom stereocenters. The van der Waals surface area contributed by atoms with Crippen LogP contribution in [0.5, 0.6) is 11.5 Å². The largest absolute Gasteiger partial charge is 0.495 e. The summed E-state index contributed by atoms with van der Waals surface area (Å²) in [6.45, 7) is 1.77. The predicted molar refractivity (Wildman–Crippen MR) is 68.1 cm³/mol. The zero-order valence-electron chi connectivity index (χ0n) is 10.5. The first-order valence-electron chi connectivity index (χ1n) is 5.37. The van der Waals surface area contributed by atoms with Crippen molar-refractivity contribution in [1.29, 1.82) is 0 Å². The van der Waals surface area contributed by atoms with Gasteiger partial charge in [-0.3, -0.25) is 0 Å². The zero-order chi connectivity index (χ0) is 13.0. The molecule has 5 nitrogen and oxygen atoms in total. The first-order chi connectivity index (χ1) is 8.74. The summed E-state index contributed by atoms with van der Waals surface area (Å²) in [7, 11) is 3.27. The van der Waals surface area contributed by atoms with E-state index in [1.165, 1.54) is 0 Å². The fraction of sp³-hybridized carbons (Fsp3) is 0.333. The van der Waals surface area contributed by atoms with Crippen LogP contribution in [0, 0.1) is 6.92 Å². The lowest BCUT2D eigenvalue weighted by atomic mass is 10.3. The predicted octanol–water partition coefficient (Wildman–Crippen LogP) is 2.69. The molecular formula is C12H14N2O3S. The van der Waals surface area contributed by atoms with Crippen LogP contribution in [0.15, 0.2) is 27.6 Å². The number of thioether (sulfide) groups is 1. The molecule has 0 aliphatic heterocycles. The summed E-state index contributed by atoms with van der Waals surface area (Å²) in [5.41, 5.74) is 0. The van der Waals surface area contributed by atoms with Crippen molar-refractivity contribution in [2.24, 2.45) is 0 Å². The Morgan fingerprint density at radius 2 is 1.89 bits per heavy atom. The third kappa shape index (κ3) is 2.76.